The Labute approximate surface area is 213 Å². The van der Waals surface area contributed by atoms with E-state index in [1.807, 2.05) is 12.4 Å². The third-order valence-electron chi connectivity index (χ3n) is 7.25. The number of piperidine rings is 1. The fourth-order valence-corrected chi connectivity index (χ4v) is 6.20. The summed E-state index contributed by atoms with van der Waals surface area (Å²) in [4.78, 5) is 12.0. The van der Waals surface area contributed by atoms with Gasteiger partial charge < -0.3 is 4.98 Å². The Balaban J connectivity index is 1.26. The highest BCUT2D eigenvalue weighted by atomic mass is 32.1. The molecule has 0 bridgehead atoms. The van der Waals surface area contributed by atoms with Crippen LogP contribution in [0.15, 0.2) is 78.4 Å². The predicted molar refractivity (Wildman–Crippen MR) is 149 cm³/mol. The molecule has 0 aliphatic carbocycles. The monoisotopic (exact) mass is 489 g/mol. The summed E-state index contributed by atoms with van der Waals surface area (Å²) >= 11 is 1.77. The van der Waals surface area contributed by atoms with Gasteiger partial charge in [-0.1, -0.05) is 30.7 Å². The molecule has 0 unspecified atom stereocenters. The van der Waals surface area contributed by atoms with Gasteiger partial charge in [0.1, 0.15) is 5.69 Å². The zero-order valence-electron chi connectivity index (χ0n) is 20.0. The standard InChI is InChI=1S/C30H27N5S/c1-2-11-35(12-3-1)19-20-14-22(18-31-17-20)21-9-10-27-25(15-21)30(34-33-27)28-16-24-23(29-8-5-13-36-29)6-4-7-26(24)32-28/h4-10,13-18,32H,1-3,11-12,19H2,(H,33,34). The zero-order valence-corrected chi connectivity index (χ0v) is 20.8. The SMILES string of the molecule is c1csc(-c2cccc3[nH]c(-c4n[nH]c5ccc(-c6cncc(CN7CCCCC7)c6)cc45)cc23)c1. The van der Waals surface area contributed by atoms with E-state index in [2.05, 4.69) is 86.0 Å². The fraction of sp³-hybridized carbons (Fsp3) is 0.200. The number of aromatic amines is 2. The van der Waals surface area contributed by atoms with Crippen molar-refractivity contribution in [3.8, 4) is 33.0 Å². The van der Waals surface area contributed by atoms with Gasteiger partial charge in [0.2, 0.25) is 0 Å². The highest BCUT2D eigenvalue weighted by Crippen LogP contribution is 2.36. The maximum atomic E-state index is 4.71. The van der Waals surface area contributed by atoms with Gasteiger partial charge >= 0.3 is 0 Å². The molecular formula is C30H27N5S. The van der Waals surface area contributed by atoms with Crippen LogP contribution >= 0.6 is 11.3 Å². The summed E-state index contributed by atoms with van der Waals surface area (Å²) in [6.45, 7) is 3.35. The molecule has 2 N–H and O–H groups in total. The molecule has 1 aliphatic rings. The van der Waals surface area contributed by atoms with E-state index in [1.165, 1.54) is 53.7 Å². The minimum Gasteiger partial charge on any atom is -0.353 e. The van der Waals surface area contributed by atoms with Crippen LogP contribution in [0.3, 0.4) is 0 Å². The van der Waals surface area contributed by atoms with Crippen molar-refractivity contribution in [2.45, 2.75) is 25.8 Å². The van der Waals surface area contributed by atoms with Crippen molar-refractivity contribution in [3.05, 3.63) is 84.0 Å². The Hall–Kier alpha value is -3.74. The predicted octanol–water partition coefficient (Wildman–Crippen LogP) is 7.49. The molecule has 0 atom stereocenters. The second-order valence-corrected chi connectivity index (χ2v) is 10.6. The Bertz CT molecular complexity index is 1650. The second kappa shape index (κ2) is 9.04. The Kier molecular flexibility index (Phi) is 5.41. The average molecular weight is 490 g/mol. The van der Waals surface area contributed by atoms with Crippen molar-refractivity contribution in [1.29, 1.82) is 0 Å². The van der Waals surface area contributed by atoms with E-state index >= 15 is 0 Å². The van der Waals surface area contributed by atoms with Gasteiger partial charge in [-0.05, 0) is 78.8 Å². The molecule has 6 aromatic rings. The number of pyridine rings is 1. The quantitative estimate of drug-likeness (QED) is 0.264. The molecular weight excluding hydrogens is 462 g/mol. The lowest BCUT2D eigenvalue weighted by molar-refractivity contribution is 0.220. The third kappa shape index (κ3) is 3.92. The highest BCUT2D eigenvalue weighted by molar-refractivity contribution is 7.13. The van der Waals surface area contributed by atoms with Crippen LogP contribution in [0.2, 0.25) is 0 Å². The number of H-pyrrole nitrogens is 2. The van der Waals surface area contributed by atoms with Crippen molar-refractivity contribution >= 4 is 33.1 Å². The summed E-state index contributed by atoms with van der Waals surface area (Å²) in [6, 6.07) is 21.8. The van der Waals surface area contributed by atoms with Crippen LogP contribution < -0.4 is 0 Å². The number of benzene rings is 2. The summed E-state index contributed by atoms with van der Waals surface area (Å²) in [7, 11) is 0. The molecule has 0 saturated carbocycles. The lowest BCUT2D eigenvalue weighted by Crippen LogP contribution is -2.29. The number of likely N-dealkylation sites (tertiary alicyclic amines) is 1. The van der Waals surface area contributed by atoms with Gasteiger partial charge in [0.25, 0.3) is 0 Å². The number of nitrogens with zero attached hydrogens (tertiary/aromatic N) is 3. The van der Waals surface area contributed by atoms with E-state index in [4.69, 9.17) is 5.10 Å². The summed E-state index contributed by atoms with van der Waals surface area (Å²) in [5.74, 6) is 0. The smallest absolute Gasteiger partial charge is 0.116 e. The van der Waals surface area contributed by atoms with Crippen LogP contribution in [0.4, 0.5) is 0 Å². The average Bonchev–Trinajstić information content (AvgIpc) is 3.68. The van der Waals surface area contributed by atoms with E-state index in [0.29, 0.717) is 0 Å². The molecule has 36 heavy (non-hydrogen) atoms. The number of rotatable bonds is 5. The zero-order chi connectivity index (χ0) is 23.9. The van der Waals surface area contributed by atoms with Crippen LogP contribution in [-0.4, -0.2) is 38.2 Å². The molecule has 1 aliphatic heterocycles. The van der Waals surface area contributed by atoms with Crippen LogP contribution in [0.5, 0.6) is 0 Å². The lowest BCUT2D eigenvalue weighted by Gasteiger charge is -2.26. The molecule has 5 heterocycles. The first-order valence-electron chi connectivity index (χ1n) is 12.6. The van der Waals surface area contributed by atoms with E-state index in [9.17, 15) is 0 Å². The number of nitrogens with one attached hydrogen (secondary N) is 2. The largest absolute Gasteiger partial charge is 0.353 e. The van der Waals surface area contributed by atoms with Gasteiger partial charge in [0.05, 0.1) is 11.2 Å². The van der Waals surface area contributed by atoms with Gasteiger partial charge in [0.15, 0.2) is 0 Å². The molecule has 7 rings (SSSR count). The summed E-state index contributed by atoms with van der Waals surface area (Å²) in [5.41, 5.74) is 8.96. The number of fused-ring (bicyclic) bond motifs is 2. The van der Waals surface area contributed by atoms with Crippen molar-refractivity contribution < 1.29 is 0 Å². The minimum atomic E-state index is 0.942. The maximum Gasteiger partial charge on any atom is 0.116 e. The number of thiophene rings is 1. The molecule has 1 fully saturated rings. The van der Waals surface area contributed by atoms with Gasteiger partial charge in [-0.25, -0.2) is 0 Å². The number of hydrogen-bond donors (Lipinski definition) is 2. The molecule has 178 valence electrons. The minimum absolute atomic E-state index is 0.942. The molecule has 5 nitrogen and oxygen atoms in total. The molecule has 0 spiro atoms. The normalized spacial score (nSPS) is 14.7. The molecule has 2 aromatic carbocycles. The van der Waals surface area contributed by atoms with Gasteiger partial charge in [-0.15, -0.1) is 11.3 Å². The van der Waals surface area contributed by atoms with Crippen LogP contribution in [0.25, 0.3) is 54.8 Å². The second-order valence-electron chi connectivity index (χ2n) is 9.68. The first kappa shape index (κ1) is 21.5. The fourth-order valence-electron chi connectivity index (χ4n) is 5.44. The summed E-state index contributed by atoms with van der Waals surface area (Å²) in [5, 5.41) is 12.4. The third-order valence-corrected chi connectivity index (χ3v) is 8.15. The molecule has 6 heteroatoms. The van der Waals surface area contributed by atoms with Gasteiger partial charge in [-0.2, -0.15) is 5.10 Å². The molecule has 4 aromatic heterocycles. The Morgan fingerprint density at radius 1 is 0.833 bits per heavy atom. The van der Waals surface area contributed by atoms with Crippen molar-refractivity contribution in [2.75, 3.05) is 13.1 Å². The van der Waals surface area contributed by atoms with Crippen LogP contribution in [0.1, 0.15) is 24.8 Å². The van der Waals surface area contributed by atoms with Crippen LogP contribution in [-0.2, 0) is 6.54 Å². The number of aromatic nitrogens is 4. The van der Waals surface area contributed by atoms with Crippen molar-refractivity contribution in [3.63, 3.8) is 0 Å². The summed E-state index contributed by atoms with van der Waals surface area (Å²) in [6.07, 6.45) is 7.94. The molecule has 1 saturated heterocycles. The first-order valence-corrected chi connectivity index (χ1v) is 13.5. The van der Waals surface area contributed by atoms with E-state index < -0.39 is 0 Å². The van der Waals surface area contributed by atoms with Gasteiger partial charge in [0, 0.05) is 51.2 Å². The lowest BCUT2D eigenvalue weighted by atomic mass is 10.0. The van der Waals surface area contributed by atoms with Crippen molar-refractivity contribution in [2.24, 2.45) is 0 Å². The molecule has 0 amide bonds. The highest BCUT2D eigenvalue weighted by Gasteiger charge is 2.15. The van der Waals surface area contributed by atoms with E-state index in [1.54, 1.807) is 11.3 Å². The molecule has 0 radical (unpaired) electrons. The first-order chi connectivity index (χ1) is 17.8. The Morgan fingerprint density at radius 3 is 2.67 bits per heavy atom. The van der Waals surface area contributed by atoms with Crippen LogP contribution in [0, 0.1) is 0 Å². The maximum absolute atomic E-state index is 4.71. The van der Waals surface area contributed by atoms with E-state index in [-0.39, 0.29) is 0 Å². The Morgan fingerprint density at radius 2 is 1.78 bits per heavy atom. The van der Waals surface area contributed by atoms with Gasteiger partial charge in [-0.3, -0.25) is 15.0 Å². The van der Waals surface area contributed by atoms with Crippen molar-refractivity contribution in [1.82, 2.24) is 25.1 Å². The topological polar surface area (TPSA) is 60.6 Å². The van der Waals surface area contributed by atoms with E-state index in [0.717, 1.165) is 45.5 Å². The summed E-state index contributed by atoms with van der Waals surface area (Å²) < 4.78 is 0. The number of hydrogen-bond acceptors (Lipinski definition) is 4.